The lowest BCUT2D eigenvalue weighted by Gasteiger charge is -2.26. The molecule has 3 rings (SSSR count). The molecule has 7 N–H and O–H groups in total. The number of rotatable bonds is 13. The average Bonchev–Trinajstić information content (AvgIpc) is 3.53. The zero-order valence-corrected chi connectivity index (χ0v) is 21.5. The second-order valence-corrected chi connectivity index (χ2v) is 9.96. The van der Waals surface area contributed by atoms with E-state index >= 15 is 0 Å². The number of hydrogen-bond donors (Lipinski definition) is 7. The van der Waals surface area contributed by atoms with Gasteiger partial charge in [-0.3, -0.25) is 19.2 Å². The Kier molecular flexibility index (Phi) is 9.83. The lowest BCUT2D eigenvalue weighted by Crippen LogP contribution is -2.58. The quantitative estimate of drug-likeness (QED) is 0.195. The van der Waals surface area contributed by atoms with Crippen LogP contribution in [0.25, 0.3) is 10.9 Å². The molecule has 12 nitrogen and oxygen atoms in total. The van der Waals surface area contributed by atoms with Crippen LogP contribution in [0.15, 0.2) is 30.5 Å². The summed E-state index contributed by atoms with van der Waals surface area (Å²) in [5.74, 6) is -4.67. The van der Waals surface area contributed by atoms with Crippen LogP contribution >= 0.6 is 0 Å². The van der Waals surface area contributed by atoms with Crippen LogP contribution in [0, 0.1) is 5.92 Å². The fourth-order valence-corrected chi connectivity index (χ4v) is 4.53. The van der Waals surface area contributed by atoms with E-state index in [1.165, 1.54) is 0 Å². The highest BCUT2D eigenvalue weighted by Gasteiger charge is 2.32. The van der Waals surface area contributed by atoms with Crippen LogP contribution in [-0.2, 0) is 30.4 Å². The predicted molar refractivity (Wildman–Crippen MR) is 138 cm³/mol. The molecule has 4 unspecified atom stereocenters. The highest BCUT2D eigenvalue weighted by atomic mass is 16.4. The number of carbonyl (C=O) groups is 5. The van der Waals surface area contributed by atoms with Crippen molar-refractivity contribution in [2.45, 2.75) is 70.1 Å². The summed E-state index contributed by atoms with van der Waals surface area (Å²) in [7, 11) is 0. The molecule has 1 aliphatic heterocycles. The first kappa shape index (κ1) is 28.6. The molecule has 1 aromatic carbocycles. The van der Waals surface area contributed by atoms with Gasteiger partial charge in [-0.1, -0.05) is 32.0 Å². The maximum atomic E-state index is 13.5. The van der Waals surface area contributed by atoms with Crippen LogP contribution in [0.5, 0.6) is 0 Å². The number of aliphatic carboxylic acids is 2. The zero-order chi connectivity index (χ0) is 27.8. The number of nitrogens with one attached hydrogen (secondary N) is 5. The summed E-state index contributed by atoms with van der Waals surface area (Å²) >= 11 is 0. The third kappa shape index (κ3) is 7.78. The summed E-state index contributed by atoms with van der Waals surface area (Å²) in [6.45, 7) is 4.36. The first-order chi connectivity index (χ1) is 18.0. The molecule has 0 aliphatic carbocycles. The van der Waals surface area contributed by atoms with Crippen molar-refractivity contribution in [2.24, 2.45) is 5.92 Å². The molecule has 0 saturated carbocycles. The summed E-state index contributed by atoms with van der Waals surface area (Å²) in [5, 5.41) is 30.0. The van der Waals surface area contributed by atoms with Crippen LogP contribution in [0.2, 0.25) is 0 Å². The van der Waals surface area contributed by atoms with Crippen molar-refractivity contribution in [3.63, 3.8) is 0 Å². The minimum Gasteiger partial charge on any atom is -0.481 e. The van der Waals surface area contributed by atoms with Crippen molar-refractivity contribution >= 4 is 40.6 Å². The molecule has 0 radical (unpaired) electrons. The minimum atomic E-state index is -1.65. The second kappa shape index (κ2) is 13.0. The fourth-order valence-electron chi connectivity index (χ4n) is 4.53. The molecule has 1 aliphatic rings. The van der Waals surface area contributed by atoms with Crippen molar-refractivity contribution in [3.8, 4) is 0 Å². The highest BCUT2D eigenvalue weighted by Crippen LogP contribution is 2.20. The molecule has 1 fully saturated rings. The monoisotopic (exact) mass is 529 g/mol. The van der Waals surface area contributed by atoms with Gasteiger partial charge in [0.05, 0.1) is 12.5 Å². The third-order valence-corrected chi connectivity index (χ3v) is 6.44. The first-order valence-corrected chi connectivity index (χ1v) is 12.7. The molecular formula is C26H35N5O7. The number of H-pyrrole nitrogens is 1. The van der Waals surface area contributed by atoms with E-state index < -0.39 is 54.3 Å². The Balaban J connectivity index is 1.81. The summed E-state index contributed by atoms with van der Waals surface area (Å²) < 4.78 is 0. The minimum absolute atomic E-state index is 0.0573. The number of carboxylic acids is 2. The number of aromatic amines is 1. The number of amides is 3. The van der Waals surface area contributed by atoms with Crippen LogP contribution in [0.3, 0.4) is 0 Å². The van der Waals surface area contributed by atoms with Gasteiger partial charge >= 0.3 is 11.9 Å². The summed E-state index contributed by atoms with van der Waals surface area (Å²) in [6, 6.07) is 3.33. The molecule has 4 atom stereocenters. The van der Waals surface area contributed by atoms with Crippen LogP contribution < -0.4 is 21.3 Å². The van der Waals surface area contributed by atoms with Gasteiger partial charge in [-0.2, -0.15) is 0 Å². The zero-order valence-electron chi connectivity index (χ0n) is 21.5. The van der Waals surface area contributed by atoms with Crippen molar-refractivity contribution in [1.29, 1.82) is 0 Å². The Bertz CT molecular complexity index is 1170. The fraction of sp³-hybridized carbons (Fsp3) is 0.500. The van der Waals surface area contributed by atoms with E-state index in [0.29, 0.717) is 13.0 Å². The van der Waals surface area contributed by atoms with E-state index in [1.807, 2.05) is 38.1 Å². The van der Waals surface area contributed by atoms with Crippen LogP contribution in [-0.4, -0.2) is 75.6 Å². The van der Waals surface area contributed by atoms with E-state index in [0.717, 1.165) is 22.9 Å². The largest absolute Gasteiger partial charge is 0.481 e. The van der Waals surface area contributed by atoms with Gasteiger partial charge in [0.2, 0.25) is 17.7 Å². The Morgan fingerprint density at radius 3 is 2.29 bits per heavy atom. The normalized spacial score (nSPS) is 17.5. The van der Waals surface area contributed by atoms with Crippen molar-refractivity contribution in [1.82, 2.24) is 26.3 Å². The molecule has 0 spiro atoms. The molecule has 206 valence electrons. The van der Waals surface area contributed by atoms with Gasteiger partial charge in [0, 0.05) is 23.5 Å². The Labute approximate surface area is 219 Å². The van der Waals surface area contributed by atoms with Gasteiger partial charge in [-0.05, 0) is 43.4 Å². The van der Waals surface area contributed by atoms with E-state index in [4.69, 9.17) is 5.11 Å². The van der Waals surface area contributed by atoms with E-state index in [9.17, 15) is 29.1 Å². The van der Waals surface area contributed by atoms with Crippen molar-refractivity contribution in [2.75, 3.05) is 6.54 Å². The Morgan fingerprint density at radius 2 is 1.66 bits per heavy atom. The van der Waals surface area contributed by atoms with Gasteiger partial charge in [-0.15, -0.1) is 0 Å². The number of para-hydroxylation sites is 1. The lowest BCUT2D eigenvalue weighted by atomic mass is 10.00. The molecule has 3 amide bonds. The molecular weight excluding hydrogens is 494 g/mol. The predicted octanol–water partition coefficient (Wildman–Crippen LogP) is 0.522. The highest BCUT2D eigenvalue weighted by molar-refractivity contribution is 5.95. The van der Waals surface area contributed by atoms with Crippen LogP contribution in [0.4, 0.5) is 0 Å². The van der Waals surface area contributed by atoms with Gasteiger partial charge < -0.3 is 36.5 Å². The average molecular weight is 530 g/mol. The number of carboxylic acid groups (broad SMARTS) is 2. The maximum Gasteiger partial charge on any atom is 0.326 e. The number of hydrogen-bond acceptors (Lipinski definition) is 6. The Morgan fingerprint density at radius 1 is 0.974 bits per heavy atom. The molecule has 2 heterocycles. The first-order valence-electron chi connectivity index (χ1n) is 12.7. The van der Waals surface area contributed by atoms with Gasteiger partial charge in [0.25, 0.3) is 0 Å². The van der Waals surface area contributed by atoms with Crippen molar-refractivity contribution in [3.05, 3.63) is 36.0 Å². The number of fused-ring (bicyclic) bond motifs is 1. The van der Waals surface area contributed by atoms with Gasteiger partial charge in [-0.25, -0.2) is 4.79 Å². The SMILES string of the molecule is CC(C)CC(NC(=O)C(Cc1c[nH]c2ccccc12)NC(=O)C1CCCN1)C(=O)NC(CC(=O)O)C(=O)O. The smallest absolute Gasteiger partial charge is 0.326 e. The topological polar surface area (TPSA) is 190 Å². The summed E-state index contributed by atoms with van der Waals surface area (Å²) in [5.41, 5.74) is 1.68. The number of carbonyl (C=O) groups excluding carboxylic acids is 3. The summed E-state index contributed by atoms with van der Waals surface area (Å²) in [6.07, 6.45) is 2.78. The molecule has 2 aromatic rings. The maximum absolute atomic E-state index is 13.5. The van der Waals surface area contributed by atoms with E-state index in [1.54, 1.807) is 6.20 Å². The molecule has 0 bridgehead atoms. The number of benzene rings is 1. The van der Waals surface area contributed by atoms with Gasteiger partial charge in [0.1, 0.15) is 18.1 Å². The molecule has 12 heteroatoms. The third-order valence-electron chi connectivity index (χ3n) is 6.44. The standard InChI is InChI=1S/C26H35N5O7/c1-14(2)10-19(24(35)31-21(26(37)38)12-22(32)33)29-25(36)20(30-23(34)18-8-5-9-27-18)11-15-13-28-17-7-4-3-6-16(15)17/h3-4,6-7,13-14,18-21,27-28H,5,8-12H2,1-2H3,(H,29,36)(H,30,34)(H,31,35)(H,32,33)(H,37,38). The molecule has 1 aromatic heterocycles. The van der Waals surface area contributed by atoms with E-state index in [-0.39, 0.29) is 24.7 Å². The van der Waals surface area contributed by atoms with E-state index in [2.05, 4.69) is 26.3 Å². The lowest BCUT2D eigenvalue weighted by molar-refractivity contribution is -0.147. The second-order valence-electron chi connectivity index (χ2n) is 9.96. The van der Waals surface area contributed by atoms with Crippen molar-refractivity contribution < 1.29 is 34.2 Å². The Hall–Kier alpha value is -3.93. The molecule has 1 saturated heterocycles. The van der Waals surface area contributed by atoms with Crippen LogP contribution in [0.1, 0.15) is 45.1 Å². The summed E-state index contributed by atoms with van der Waals surface area (Å²) in [4.78, 5) is 65.0. The number of aromatic nitrogens is 1. The van der Waals surface area contributed by atoms with Gasteiger partial charge in [0.15, 0.2) is 0 Å². The molecule has 38 heavy (non-hydrogen) atoms.